The number of alkyl halides is 3. The van der Waals surface area contributed by atoms with Gasteiger partial charge in [-0.3, -0.25) is 0 Å². The third-order valence-electron chi connectivity index (χ3n) is 5.57. The van der Waals surface area contributed by atoms with Gasteiger partial charge >= 0.3 is 12.3 Å². The van der Waals surface area contributed by atoms with Gasteiger partial charge in [0.1, 0.15) is 10.8 Å². The molecule has 10 heteroatoms. The molecule has 2 atom stereocenters. The van der Waals surface area contributed by atoms with Crippen LogP contribution in [-0.4, -0.2) is 40.8 Å². The van der Waals surface area contributed by atoms with Crippen molar-refractivity contribution in [1.82, 2.24) is 9.88 Å². The molecule has 1 heterocycles. The van der Waals surface area contributed by atoms with Gasteiger partial charge in [0.05, 0.1) is 29.1 Å². The molecule has 0 saturated heterocycles. The van der Waals surface area contributed by atoms with Gasteiger partial charge in [-0.15, -0.1) is 11.3 Å². The predicted molar refractivity (Wildman–Crippen MR) is 124 cm³/mol. The Morgan fingerprint density at radius 1 is 1.24 bits per heavy atom. The first-order valence-corrected chi connectivity index (χ1v) is 11.9. The number of benzene rings is 1. The van der Waals surface area contributed by atoms with Crippen LogP contribution in [0, 0.1) is 0 Å². The van der Waals surface area contributed by atoms with Gasteiger partial charge in [-0.2, -0.15) is 13.2 Å². The van der Waals surface area contributed by atoms with Gasteiger partial charge < -0.3 is 20.5 Å². The van der Waals surface area contributed by atoms with E-state index >= 15 is 0 Å². The van der Waals surface area contributed by atoms with Crippen LogP contribution in [0.2, 0.25) is 0 Å². The van der Waals surface area contributed by atoms with E-state index in [0.717, 1.165) is 48.0 Å². The molecule has 6 nitrogen and oxygen atoms in total. The van der Waals surface area contributed by atoms with Gasteiger partial charge in [0.15, 0.2) is 0 Å². The molecule has 0 aliphatic rings. The minimum atomic E-state index is -4.56. The summed E-state index contributed by atoms with van der Waals surface area (Å²) in [5.41, 5.74) is 5.66. The molecule has 1 amide bonds. The highest BCUT2D eigenvalue weighted by molar-refractivity contribution is 7.15. The van der Waals surface area contributed by atoms with Crippen LogP contribution < -0.4 is 10.5 Å². The highest BCUT2D eigenvalue weighted by Gasteiger charge is 2.35. The van der Waals surface area contributed by atoms with Gasteiger partial charge in [-0.05, 0) is 37.1 Å². The molecule has 0 bridgehead atoms. The first-order chi connectivity index (χ1) is 15.6. The quantitative estimate of drug-likeness (QED) is 0.331. The van der Waals surface area contributed by atoms with E-state index < -0.39 is 29.9 Å². The second kappa shape index (κ2) is 12.2. The highest BCUT2D eigenvalue weighted by Crippen LogP contribution is 2.40. The summed E-state index contributed by atoms with van der Waals surface area (Å²) in [6, 6.07) is 2.72. The molecule has 184 valence electrons. The van der Waals surface area contributed by atoms with Gasteiger partial charge in [0, 0.05) is 13.2 Å². The summed E-state index contributed by atoms with van der Waals surface area (Å²) in [6.45, 7) is 4.02. The first-order valence-electron chi connectivity index (χ1n) is 11.1. The number of nitrogens with two attached hydrogens (primary N) is 1. The summed E-state index contributed by atoms with van der Waals surface area (Å²) >= 11 is 1.14. The molecule has 0 aliphatic heterocycles. The number of hydrogen-bond donors (Lipinski definition) is 2. The standard InChI is InChI=1S/C23H32F3N3O3S/c1-4-5-6-7-8-9-12-32-18-11-10-16(13-17(18)23(24,25)26)19-14-28-21(33-19)20(27)15(2)29(3)22(30)31/h10-11,13-15,20H,4-9,12,27H2,1-3H3,(H,30,31)/t15?,20-/m0/s1. The van der Waals surface area contributed by atoms with Crippen molar-refractivity contribution >= 4 is 17.4 Å². The molecule has 0 aliphatic carbocycles. The smallest absolute Gasteiger partial charge is 0.419 e. The summed E-state index contributed by atoms with van der Waals surface area (Å²) < 4.78 is 46.5. The number of aromatic nitrogens is 1. The fourth-order valence-corrected chi connectivity index (χ4v) is 4.31. The van der Waals surface area contributed by atoms with Gasteiger partial charge in [0.25, 0.3) is 0 Å². The minimum absolute atomic E-state index is 0.182. The number of unbranched alkanes of at least 4 members (excludes halogenated alkanes) is 5. The van der Waals surface area contributed by atoms with E-state index in [1.165, 1.54) is 25.7 Å². The molecular formula is C23H32F3N3O3S. The van der Waals surface area contributed by atoms with Crippen LogP contribution in [-0.2, 0) is 6.18 Å². The van der Waals surface area contributed by atoms with Crippen molar-refractivity contribution in [2.24, 2.45) is 5.73 Å². The minimum Gasteiger partial charge on any atom is -0.493 e. The zero-order chi connectivity index (χ0) is 24.6. The van der Waals surface area contributed by atoms with E-state index in [4.69, 9.17) is 15.6 Å². The van der Waals surface area contributed by atoms with E-state index in [0.29, 0.717) is 21.9 Å². The van der Waals surface area contributed by atoms with Crippen LogP contribution >= 0.6 is 11.3 Å². The fourth-order valence-electron chi connectivity index (χ4n) is 3.29. The van der Waals surface area contributed by atoms with Crippen molar-refractivity contribution in [3.05, 3.63) is 35.0 Å². The molecule has 2 rings (SSSR count). The molecule has 2 aromatic rings. The van der Waals surface area contributed by atoms with Gasteiger partial charge in [-0.1, -0.05) is 39.0 Å². The third kappa shape index (κ3) is 7.60. The first kappa shape index (κ1) is 26.9. The Morgan fingerprint density at radius 2 is 1.91 bits per heavy atom. The second-order valence-corrected chi connectivity index (χ2v) is 9.11. The number of likely N-dealkylation sites (N-methyl/N-ethyl adjacent to an activating group) is 1. The van der Waals surface area contributed by atoms with Crippen molar-refractivity contribution in [3.8, 4) is 16.2 Å². The van der Waals surface area contributed by atoms with Crippen molar-refractivity contribution in [3.63, 3.8) is 0 Å². The van der Waals surface area contributed by atoms with Crippen LogP contribution in [0.5, 0.6) is 5.75 Å². The van der Waals surface area contributed by atoms with Crippen LogP contribution in [0.15, 0.2) is 24.4 Å². The predicted octanol–water partition coefficient (Wildman–Crippen LogP) is 6.57. The number of hydrogen-bond acceptors (Lipinski definition) is 5. The van der Waals surface area contributed by atoms with E-state index in [1.54, 1.807) is 13.0 Å². The Kier molecular flexibility index (Phi) is 9.97. The second-order valence-electron chi connectivity index (χ2n) is 8.05. The molecule has 0 radical (unpaired) electrons. The summed E-state index contributed by atoms with van der Waals surface area (Å²) in [4.78, 5) is 17.0. The lowest BCUT2D eigenvalue weighted by Crippen LogP contribution is -2.41. The van der Waals surface area contributed by atoms with E-state index in [-0.39, 0.29) is 12.4 Å². The Bertz CT molecular complexity index is 905. The third-order valence-corrected chi connectivity index (χ3v) is 6.71. The number of thiazole rings is 1. The lowest BCUT2D eigenvalue weighted by Gasteiger charge is -2.26. The number of halogens is 3. The number of carboxylic acid groups (broad SMARTS) is 1. The van der Waals surface area contributed by atoms with E-state index in [9.17, 15) is 18.0 Å². The topological polar surface area (TPSA) is 88.7 Å². The molecule has 3 N–H and O–H groups in total. The number of carbonyl (C=O) groups is 1. The summed E-state index contributed by atoms with van der Waals surface area (Å²) in [7, 11) is 1.40. The normalized spacial score (nSPS) is 13.5. The van der Waals surface area contributed by atoms with Crippen molar-refractivity contribution in [1.29, 1.82) is 0 Å². The molecule has 33 heavy (non-hydrogen) atoms. The summed E-state index contributed by atoms with van der Waals surface area (Å²) in [6.07, 6.45) is 1.91. The molecular weight excluding hydrogens is 455 g/mol. The molecule has 0 spiro atoms. The van der Waals surface area contributed by atoms with Crippen molar-refractivity contribution < 1.29 is 27.8 Å². The summed E-state index contributed by atoms with van der Waals surface area (Å²) in [5, 5.41) is 9.57. The van der Waals surface area contributed by atoms with Crippen molar-refractivity contribution in [2.45, 2.75) is 70.6 Å². The Morgan fingerprint density at radius 3 is 2.55 bits per heavy atom. The zero-order valence-electron chi connectivity index (χ0n) is 19.2. The maximum atomic E-state index is 13.7. The number of amides is 1. The maximum absolute atomic E-state index is 13.7. The van der Waals surface area contributed by atoms with Gasteiger partial charge in [0.2, 0.25) is 0 Å². The number of rotatable bonds is 12. The average Bonchev–Trinajstić information content (AvgIpc) is 3.26. The number of nitrogens with zero attached hydrogens (tertiary/aromatic N) is 2. The van der Waals surface area contributed by atoms with E-state index in [1.807, 2.05) is 0 Å². The summed E-state index contributed by atoms with van der Waals surface area (Å²) in [5.74, 6) is -0.182. The van der Waals surface area contributed by atoms with Crippen LogP contribution in [0.4, 0.5) is 18.0 Å². The molecule has 0 fully saturated rings. The lowest BCUT2D eigenvalue weighted by molar-refractivity contribution is -0.138. The molecule has 1 unspecified atom stereocenters. The monoisotopic (exact) mass is 487 g/mol. The largest absolute Gasteiger partial charge is 0.493 e. The maximum Gasteiger partial charge on any atom is 0.419 e. The fraction of sp³-hybridized carbons (Fsp3) is 0.565. The molecule has 0 saturated carbocycles. The Balaban J connectivity index is 2.13. The SMILES string of the molecule is CCCCCCCCOc1ccc(-c2cnc([C@@H](N)C(C)N(C)C(=O)O)s2)cc1C(F)(F)F. The van der Waals surface area contributed by atoms with E-state index in [2.05, 4.69) is 11.9 Å². The van der Waals surface area contributed by atoms with Gasteiger partial charge in [-0.25, -0.2) is 9.78 Å². The highest BCUT2D eigenvalue weighted by atomic mass is 32.1. The number of ether oxygens (including phenoxy) is 1. The lowest BCUT2D eigenvalue weighted by atomic mass is 10.1. The Labute approximate surface area is 196 Å². The zero-order valence-corrected chi connectivity index (χ0v) is 20.0. The molecule has 1 aromatic heterocycles. The van der Waals surface area contributed by atoms with Crippen LogP contribution in [0.3, 0.4) is 0 Å². The van der Waals surface area contributed by atoms with Crippen molar-refractivity contribution in [2.75, 3.05) is 13.7 Å². The average molecular weight is 488 g/mol. The molecule has 1 aromatic carbocycles. The van der Waals surface area contributed by atoms with Crippen LogP contribution in [0.1, 0.15) is 69.0 Å². The van der Waals surface area contributed by atoms with Crippen LogP contribution in [0.25, 0.3) is 10.4 Å². The Hall–Kier alpha value is -2.33.